The molecule has 0 atom stereocenters. The third kappa shape index (κ3) is 3.30. The van der Waals surface area contributed by atoms with Crippen LogP contribution in [0, 0.1) is 12.7 Å². The van der Waals surface area contributed by atoms with E-state index in [0.717, 1.165) is 47.8 Å². The lowest BCUT2D eigenvalue weighted by Gasteiger charge is -2.09. The molecule has 22 heavy (non-hydrogen) atoms. The van der Waals surface area contributed by atoms with Crippen molar-refractivity contribution in [3.05, 3.63) is 35.3 Å². The maximum atomic E-state index is 13.2. The zero-order valence-corrected chi connectivity index (χ0v) is 12.8. The number of hydrogen-bond acceptors (Lipinski definition) is 2. The normalized spacial score (nSPS) is 16.0. The van der Waals surface area contributed by atoms with Crippen LogP contribution < -0.4 is 11.1 Å². The van der Waals surface area contributed by atoms with E-state index < -0.39 is 0 Å². The highest BCUT2D eigenvalue weighted by atomic mass is 19.1. The number of hydrogen-bond donors (Lipinski definition) is 3. The van der Waals surface area contributed by atoms with Crippen LogP contribution in [0.5, 0.6) is 0 Å². The maximum Gasteiger partial charge on any atom is 0.220 e. The van der Waals surface area contributed by atoms with E-state index in [9.17, 15) is 9.18 Å². The Hall–Kier alpha value is -1.88. The van der Waals surface area contributed by atoms with Crippen LogP contribution in [0.1, 0.15) is 36.9 Å². The third-order valence-corrected chi connectivity index (χ3v) is 4.52. The van der Waals surface area contributed by atoms with Crippen LogP contribution in [0.3, 0.4) is 0 Å². The number of amides is 1. The highest BCUT2D eigenvalue weighted by Crippen LogP contribution is 2.36. The van der Waals surface area contributed by atoms with Gasteiger partial charge < -0.3 is 16.0 Å². The van der Waals surface area contributed by atoms with E-state index >= 15 is 0 Å². The highest BCUT2D eigenvalue weighted by Gasteiger charge is 2.37. The van der Waals surface area contributed by atoms with Gasteiger partial charge in [-0.3, -0.25) is 4.79 Å². The van der Waals surface area contributed by atoms with E-state index in [1.807, 2.05) is 6.92 Å². The fourth-order valence-corrected chi connectivity index (χ4v) is 2.87. The molecule has 5 heteroatoms. The summed E-state index contributed by atoms with van der Waals surface area (Å²) in [5.74, 6) is -0.190. The molecule has 1 saturated carbocycles. The summed E-state index contributed by atoms with van der Waals surface area (Å²) in [4.78, 5) is 15.0. The van der Waals surface area contributed by atoms with Gasteiger partial charge in [-0.25, -0.2) is 4.39 Å². The van der Waals surface area contributed by atoms with Gasteiger partial charge in [-0.05, 0) is 56.4 Å². The second-order valence-electron chi connectivity index (χ2n) is 6.38. The van der Waals surface area contributed by atoms with E-state index in [0.29, 0.717) is 13.0 Å². The van der Waals surface area contributed by atoms with Crippen LogP contribution in [0.15, 0.2) is 18.2 Å². The summed E-state index contributed by atoms with van der Waals surface area (Å²) in [6, 6.07) is 4.76. The molecule has 1 fully saturated rings. The predicted molar refractivity (Wildman–Crippen MR) is 85.1 cm³/mol. The lowest BCUT2D eigenvalue weighted by Crippen LogP contribution is -2.29. The van der Waals surface area contributed by atoms with Crippen molar-refractivity contribution in [2.24, 2.45) is 5.73 Å². The molecule has 4 N–H and O–H groups in total. The number of fused-ring (bicyclic) bond motifs is 1. The molecule has 1 amide bonds. The molecule has 1 heterocycles. The first-order chi connectivity index (χ1) is 10.5. The standard InChI is InChI=1S/C17H22FN3O/c1-11-13(14-3-2-12(18)10-15(14)21-11)5-9-20-16(22)4-6-17(19)7-8-17/h2-3,10,21H,4-9,19H2,1H3,(H,20,22). The molecule has 4 nitrogen and oxygen atoms in total. The van der Waals surface area contributed by atoms with E-state index in [4.69, 9.17) is 5.73 Å². The van der Waals surface area contributed by atoms with Gasteiger partial charge in [0.25, 0.3) is 0 Å². The molecule has 0 aliphatic heterocycles. The predicted octanol–water partition coefficient (Wildman–Crippen LogP) is 2.55. The Morgan fingerprint density at radius 3 is 2.95 bits per heavy atom. The quantitative estimate of drug-likeness (QED) is 0.767. The molecule has 0 spiro atoms. The minimum Gasteiger partial charge on any atom is -0.358 e. The summed E-state index contributed by atoms with van der Waals surface area (Å²) in [5, 5.41) is 3.96. The Morgan fingerprint density at radius 1 is 1.45 bits per heavy atom. The van der Waals surface area contributed by atoms with Crippen molar-refractivity contribution < 1.29 is 9.18 Å². The second kappa shape index (κ2) is 5.72. The number of nitrogens with two attached hydrogens (primary N) is 1. The Bertz CT molecular complexity index is 703. The van der Waals surface area contributed by atoms with Gasteiger partial charge in [-0.15, -0.1) is 0 Å². The monoisotopic (exact) mass is 303 g/mol. The topological polar surface area (TPSA) is 70.9 Å². The molecule has 1 aromatic carbocycles. The average molecular weight is 303 g/mol. The van der Waals surface area contributed by atoms with Crippen molar-refractivity contribution in [1.29, 1.82) is 0 Å². The number of aromatic amines is 1. The second-order valence-corrected chi connectivity index (χ2v) is 6.38. The number of carbonyl (C=O) groups excluding carboxylic acids is 1. The third-order valence-electron chi connectivity index (χ3n) is 4.52. The van der Waals surface area contributed by atoms with E-state index in [1.165, 1.54) is 12.1 Å². The molecule has 0 unspecified atom stereocenters. The van der Waals surface area contributed by atoms with E-state index in [2.05, 4.69) is 10.3 Å². The zero-order valence-electron chi connectivity index (χ0n) is 12.8. The first kappa shape index (κ1) is 15.0. The van der Waals surface area contributed by atoms with Gasteiger partial charge in [-0.1, -0.05) is 0 Å². The van der Waals surface area contributed by atoms with Crippen molar-refractivity contribution >= 4 is 16.8 Å². The largest absolute Gasteiger partial charge is 0.358 e. The van der Waals surface area contributed by atoms with Gasteiger partial charge in [0.15, 0.2) is 0 Å². The summed E-state index contributed by atoms with van der Waals surface area (Å²) >= 11 is 0. The van der Waals surface area contributed by atoms with Crippen molar-refractivity contribution in [1.82, 2.24) is 10.3 Å². The smallest absolute Gasteiger partial charge is 0.220 e. The SMILES string of the molecule is Cc1[nH]c2cc(F)ccc2c1CCNC(=O)CCC1(N)CC1. The lowest BCUT2D eigenvalue weighted by molar-refractivity contribution is -0.121. The van der Waals surface area contributed by atoms with Gasteiger partial charge in [0, 0.05) is 35.1 Å². The van der Waals surface area contributed by atoms with Gasteiger partial charge in [0.05, 0.1) is 0 Å². The average Bonchev–Trinajstić information content (AvgIpc) is 3.13. The van der Waals surface area contributed by atoms with Gasteiger partial charge in [-0.2, -0.15) is 0 Å². The number of halogens is 1. The molecule has 1 aliphatic carbocycles. The summed E-state index contributed by atoms with van der Waals surface area (Å²) in [5.41, 5.74) is 8.86. The number of aryl methyl sites for hydroxylation is 1. The Kier molecular flexibility index (Phi) is 3.91. The molecular formula is C17H22FN3O. The summed E-state index contributed by atoms with van der Waals surface area (Å²) in [6.45, 7) is 2.56. The minimum absolute atomic E-state index is 0.0558. The molecule has 0 radical (unpaired) electrons. The van der Waals surface area contributed by atoms with Crippen LogP contribution in [0.25, 0.3) is 10.9 Å². The minimum atomic E-state index is -0.246. The molecular weight excluding hydrogens is 281 g/mol. The van der Waals surface area contributed by atoms with Gasteiger partial charge >= 0.3 is 0 Å². The number of carbonyl (C=O) groups is 1. The molecule has 1 aliphatic rings. The highest BCUT2D eigenvalue weighted by molar-refractivity contribution is 5.84. The van der Waals surface area contributed by atoms with E-state index in [-0.39, 0.29) is 17.3 Å². The summed E-state index contributed by atoms with van der Waals surface area (Å²) < 4.78 is 13.2. The molecule has 1 aromatic heterocycles. The number of rotatable bonds is 6. The van der Waals surface area contributed by atoms with Gasteiger partial charge in [0.2, 0.25) is 5.91 Å². The van der Waals surface area contributed by atoms with Crippen LogP contribution in [-0.4, -0.2) is 23.0 Å². The van der Waals surface area contributed by atoms with Crippen molar-refractivity contribution in [3.63, 3.8) is 0 Å². The molecule has 2 aromatic rings. The molecule has 3 rings (SSSR count). The lowest BCUT2D eigenvalue weighted by atomic mass is 10.1. The fraction of sp³-hybridized carbons (Fsp3) is 0.471. The molecule has 118 valence electrons. The summed E-state index contributed by atoms with van der Waals surface area (Å²) in [7, 11) is 0. The Morgan fingerprint density at radius 2 is 2.23 bits per heavy atom. The first-order valence-corrected chi connectivity index (χ1v) is 7.79. The van der Waals surface area contributed by atoms with Gasteiger partial charge in [0.1, 0.15) is 5.82 Å². The molecule has 0 bridgehead atoms. The first-order valence-electron chi connectivity index (χ1n) is 7.79. The number of benzene rings is 1. The zero-order chi connectivity index (χ0) is 15.7. The number of nitrogens with one attached hydrogen (secondary N) is 2. The van der Waals surface area contributed by atoms with Crippen LogP contribution in [0.4, 0.5) is 4.39 Å². The van der Waals surface area contributed by atoms with Crippen molar-refractivity contribution in [3.8, 4) is 0 Å². The number of H-pyrrole nitrogens is 1. The molecule has 0 saturated heterocycles. The van der Waals surface area contributed by atoms with Crippen molar-refractivity contribution in [2.75, 3.05) is 6.54 Å². The van der Waals surface area contributed by atoms with Crippen LogP contribution >= 0.6 is 0 Å². The fourth-order valence-electron chi connectivity index (χ4n) is 2.87. The number of aromatic nitrogens is 1. The van der Waals surface area contributed by atoms with Crippen LogP contribution in [-0.2, 0) is 11.2 Å². The van der Waals surface area contributed by atoms with Crippen LogP contribution in [0.2, 0.25) is 0 Å². The maximum absolute atomic E-state index is 13.2. The Labute approximate surface area is 129 Å². The Balaban J connectivity index is 1.55. The van der Waals surface area contributed by atoms with E-state index in [1.54, 1.807) is 6.07 Å². The van der Waals surface area contributed by atoms with Crippen molar-refractivity contribution in [2.45, 2.75) is 44.6 Å². The summed E-state index contributed by atoms with van der Waals surface area (Å²) in [6.07, 6.45) is 4.06.